The Bertz CT molecular complexity index is 405. The minimum atomic E-state index is -0.0615. The molecule has 1 amide bonds. The van der Waals surface area contributed by atoms with Crippen LogP contribution < -0.4 is 10.6 Å². The van der Waals surface area contributed by atoms with Gasteiger partial charge in [-0.25, -0.2) is 0 Å². The van der Waals surface area contributed by atoms with E-state index in [2.05, 4.69) is 34.4 Å². The van der Waals surface area contributed by atoms with Gasteiger partial charge in [-0.3, -0.25) is 9.78 Å². The molecule has 0 aromatic carbocycles. The molecule has 5 nitrogen and oxygen atoms in total. The van der Waals surface area contributed by atoms with Gasteiger partial charge in [-0.2, -0.15) is 0 Å². The van der Waals surface area contributed by atoms with Crippen LogP contribution in [0.3, 0.4) is 0 Å². The van der Waals surface area contributed by atoms with Crippen molar-refractivity contribution in [2.75, 3.05) is 38.0 Å². The molecule has 0 aliphatic carbocycles. The molecule has 20 heavy (non-hydrogen) atoms. The summed E-state index contributed by atoms with van der Waals surface area (Å²) in [4.78, 5) is 18.5. The van der Waals surface area contributed by atoms with E-state index in [1.54, 1.807) is 12.4 Å². The zero-order valence-electron chi connectivity index (χ0n) is 12.8. The molecule has 0 radical (unpaired) electrons. The molecule has 5 heteroatoms. The fourth-order valence-corrected chi connectivity index (χ4v) is 2.06. The second-order valence-electron chi connectivity index (χ2n) is 4.59. The van der Waals surface area contributed by atoms with Crippen LogP contribution in [0.5, 0.6) is 0 Å². The van der Waals surface area contributed by atoms with Crippen molar-refractivity contribution in [1.82, 2.24) is 15.2 Å². The summed E-state index contributed by atoms with van der Waals surface area (Å²) >= 11 is 0. The Morgan fingerprint density at radius 3 is 2.70 bits per heavy atom. The highest BCUT2D eigenvalue weighted by atomic mass is 16.1. The van der Waals surface area contributed by atoms with E-state index >= 15 is 0 Å². The summed E-state index contributed by atoms with van der Waals surface area (Å²) in [6, 6.07) is 1.83. The molecule has 0 spiro atoms. The number of hydrogen-bond acceptors (Lipinski definition) is 4. The lowest BCUT2D eigenvalue weighted by Gasteiger charge is -2.17. The second kappa shape index (κ2) is 9.31. The zero-order chi connectivity index (χ0) is 14.8. The van der Waals surface area contributed by atoms with Gasteiger partial charge in [-0.05, 0) is 39.0 Å². The lowest BCUT2D eigenvalue weighted by Crippen LogP contribution is -2.30. The first-order valence-electron chi connectivity index (χ1n) is 7.41. The van der Waals surface area contributed by atoms with Gasteiger partial charge in [0.2, 0.25) is 0 Å². The van der Waals surface area contributed by atoms with Crippen molar-refractivity contribution in [3.8, 4) is 0 Å². The zero-order valence-corrected chi connectivity index (χ0v) is 12.8. The third-order valence-electron chi connectivity index (χ3n) is 3.26. The standard InChI is InChI=1S/C15H26N4O/c1-4-17-14-8-10-16-12-13(14)15(20)18-9-7-11-19(5-2)6-3/h8,10,12H,4-7,9,11H2,1-3H3,(H,16,17)(H,18,20). The lowest BCUT2D eigenvalue weighted by molar-refractivity contribution is 0.0952. The van der Waals surface area contributed by atoms with Crippen LogP contribution in [0.2, 0.25) is 0 Å². The number of nitrogens with one attached hydrogen (secondary N) is 2. The predicted molar refractivity (Wildman–Crippen MR) is 83.1 cm³/mol. The summed E-state index contributed by atoms with van der Waals surface area (Å²) in [5, 5.41) is 6.13. The van der Waals surface area contributed by atoms with Crippen LogP contribution in [-0.4, -0.2) is 48.5 Å². The maximum Gasteiger partial charge on any atom is 0.254 e. The van der Waals surface area contributed by atoms with E-state index < -0.39 is 0 Å². The number of pyridine rings is 1. The fraction of sp³-hybridized carbons (Fsp3) is 0.600. The Morgan fingerprint density at radius 1 is 1.30 bits per heavy atom. The van der Waals surface area contributed by atoms with Gasteiger partial charge in [0.05, 0.1) is 11.3 Å². The van der Waals surface area contributed by atoms with E-state index in [0.717, 1.165) is 38.3 Å². The molecule has 1 aromatic rings. The molecule has 0 fully saturated rings. The van der Waals surface area contributed by atoms with Crippen molar-refractivity contribution in [2.45, 2.75) is 27.2 Å². The van der Waals surface area contributed by atoms with Crippen LogP contribution in [0, 0.1) is 0 Å². The molecule has 2 N–H and O–H groups in total. The van der Waals surface area contributed by atoms with Crippen molar-refractivity contribution in [2.24, 2.45) is 0 Å². The number of aromatic nitrogens is 1. The van der Waals surface area contributed by atoms with Gasteiger partial charge in [0.1, 0.15) is 0 Å². The first-order chi connectivity index (χ1) is 9.72. The molecule has 0 aliphatic heterocycles. The summed E-state index contributed by atoms with van der Waals surface area (Å²) in [6.45, 7) is 10.9. The highest BCUT2D eigenvalue weighted by molar-refractivity contribution is 5.99. The van der Waals surface area contributed by atoms with E-state index in [0.29, 0.717) is 12.1 Å². The SMILES string of the molecule is CCNc1ccncc1C(=O)NCCCN(CC)CC. The van der Waals surface area contributed by atoms with E-state index in [4.69, 9.17) is 0 Å². The maximum absolute atomic E-state index is 12.1. The monoisotopic (exact) mass is 278 g/mol. The third kappa shape index (κ3) is 5.17. The van der Waals surface area contributed by atoms with Crippen LogP contribution in [-0.2, 0) is 0 Å². The second-order valence-corrected chi connectivity index (χ2v) is 4.59. The van der Waals surface area contributed by atoms with Crippen LogP contribution in [0.4, 0.5) is 5.69 Å². The number of nitrogens with zero attached hydrogens (tertiary/aromatic N) is 2. The molecule has 0 unspecified atom stereocenters. The summed E-state index contributed by atoms with van der Waals surface area (Å²) in [5.74, 6) is -0.0615. The topological polar surface area (TPSA) is 57.3 Å². The highest BCUT2D eigenvalue weighted by Gasteiger charge is 2.10. The predicted octanol–water partition coefficient (Wildman–Crippen LogP) is 1.98. The smallest absolute Gasteiger partial charge is 0.254 e. The molecule has 112 valence electrons. The van der Waals surface area contributed by atoms with Gasteiger partial charge >= 0.3 is 0 Å². The minimum Gasteiger partial charge on any atom is -0.385 e. The van der Waals surface area contributed by atoms with Gasteiger partial charge in [0.25, 0.3) is 5.91 Å². The molecular formula is C15H26N4O. The van der Waals surface area contributed by atoms with Gasteiger partial charge in [-0.15, -0.1) is 0 Å². The molecule has 1 heterocycles. The van der Waals surface area contributed by atoms with Crippen LogP contribution in [0.25, 0.3) is 0 Å². The van der Waals surface area contributed by atoms with Gasteiger partial charge in [0, 0.05) is 25.5 Å². The highest BCUT2D eigenvalue weighted by Crippen LogP contribution is 2.12. The first kappa shape index (κ1) is 16.4. The third-order valence-corrected chi connectivity index (χ3v) is 3.26. The van der Waals surface area contributed by atoms with Crippen LogP contribution in [0.1, 0.15) is 37.6 Å². The maximum atomic E-state index is 12.1. The van der Waals surface area contributed by atoms with Crippen molar-refractivity contribution in [1.29, 1.82) is 0 Å². The van der Waals surface area contributed by atoms with Crippen LogP contribution in [0.15, 0.2) is 18.5 Å². The molecule has 0 atom stereocenters. The Balaban J connectivity index is 2.43. The lowest BCUT2D eigenvalue weighted by atomic mass is 10.2. The fourth-order valence-electron chi connectivity index (χ4n) is 2.06. The van der Waals surface area contributed by atoms with E-state index in [-0.39, 0.29) is 5.91 Å². The molecule has 0 aliphatic rings. The molecular weight excluding hydrogens is 252 g/mol. The van der Waals surface area contributed by atoms with Crippen molar-refractivity contribution < 1.29 is 4.79 Å². The minimum absolute atomic E-state index is 0.0615. The quantitative estimate of drug-likeness (QED) is 0.678. The number of anilines is 1. The summed E-state index contributed by atoms with van der Waals surface area (Å²) in [6.07, 6.45) is 4.26. The number of rotatable bonds is 9. The number of carbonyl (C=O) groups excluding carboxylic acids is 1. The van der Waals surface area contributed by atoms with Crippen molar-refractivity contribution in [3.63, 3.8) is 0 Å². The summed E-state index contributed by atoms with van der Waals surface area (Å²) in [5.41, 5.74) is 1.45. The molecule has 1 aromatic heterocycles. The molecule has 1 rings (SSSR count). The van der Waals surface area contributed by atoms with E-state index in [1.807, 2.05) is 13.0 Å². The van der Waals surface area contributed by atoms with E-state index in [9.17, 15) is 4.79 Å². The Kier molecular flexibility index (Phi) is 7.65. The van der Waals surface area contributed by atoms with Gasteiger partial charge in [0.15, 0.2) is 0 Å². The van der Waals surface area contributed by atoms with E-state index in [1.165, 1.54) is 0 Å². The normalized spacial score (nSPS) is 10.6. The Hall–Kier alpha value is -1.62. The first-order valence-corrected chi connectivity index (χ1v) is 7.41. The Labute approximate surface area is 121 Å². The summed E-state index contributed by atoms with van der Waals surface area (Å²) in [7, 11) is 0. The average molecular weight is 278 g/mol. The van der Waals surface area contributed by atoms with Gasteiger partial charge in [-0.1, -0.05) is 13.8 Å². The largest absolute Gasteiger partial charge is 0.385 e. The molecule has 0 bridgehead atoms. The molecule has 0 saturated carbocycles. The Morgan fingerprint density at radius 2 is 2.05 bits per heavy atom. The number of carbonyl (C=O) groups is 1. The van der Waals surface area contributed by atoms with Crippen LogP contribution >= 0.6 is 0 Å². The number of hydrogen-bond donors (Lipinski definition) is 2. The van der Waals surface area contributed by atoms with Gasteiger partial charge < -0.3 is 15.5 Å². The van der Waals surface area contributed by atoms with Crippen molar-refractivity contribution >= 4 is 11.6 Å². The van der Waals surface area contributed by atoms with Crippen molar-refractivity contribution in [3.05, 3.63) is 24.0 Å². The average Bonchev–Trinajstić information content (AvgIpc) is 2.48. The number of amides is 1. The molecule has 0 saturated heterocycles. The summed E-state index contributed by atoms with van der Waals surface area (Å²) < 4.78 is 0.